The molecule has 7 heteroatoms. The van der Waals surface area contributed by atoms with E-state index in [4.69, 9.17) is 14.0 Å². The highest BCUT2D eigenvalue weighted by Crippen LogP contribution is 2.36. The summed E-state index contributed by atoms with van der Waals surface area (Å²) in [4.78, 5) is 14.9. The highest BCUT2D eigenvalue weighted by atomic mass is 16.5. The maximum atomic E-state index is 13.1. The second kappa shape index (κ2) is 7.78. The largest absolute Gasteiger partial charge is 0.493 e. The summed E-state index contributed by atoms with van der Waals surface area (Å²) in [6.45, 7) is 2.97. The SMILES string of the molecule is COc1ccc(-c2noc([C@H](C)O)c2C(=O)N2CCCCC2)cc1OC. The number of aliphatic hydroxyl groups excluding tert-OH is 1. The standard InChI is InChI=1S/C19H24N2O5/c1-12(22)18-16(19(23)21-9-5-4-6-10-21)17(20-26-18)13-7-8-14(24-2)15(11-13)25-3/h7-8,11-12,22H,4-6,9-10H2,1-3H3/t12-/m0/s1. The quantitative estimate of drug-likeness (QED) is 0.882. The summed E-state index contributed by atoms with van der Waals surface area (Å²) in [7, 11) is 3.11. The third kappa shape index (κ3) is 3.39. The molecular weight excluding hydrogens is 336 g/mol. The molecule has 0 aliphatic carbocycles. The van der Waals surface area contributed by atoms with E-state index in [-0.39, 0.29) is 11.7 Å². The number of hydrogen-bond donors (Lipinski definition) is 1. The lowest BCUT2D eigenvalue weighted by atomic mass is 10.0. The zero-order valence-electron chi connectivity index (χ0n) is 15.3. The predicted molar refractivity (Wildman–Crippen MR) is 95.4 cm³/mol. The molecule has 1 aromatic heterocycles. The van der Waals surface area contributed by atoms with Gasteiger partial charge >= 0.3 is 0 Å². The number of piperidine rings is 1. The molecule has 1 saturated heterocycles. The Balaban J connectivity index is 2.06. The van der Waals surface area contributed by atoms with Gasteiger partial charge < -0.3 is 24.0 Å². The number of benzene rings is 1. The third-order valence-corrected chi connectivity index (χ3v) is 4.61. The first-order valence-electron chi connectivity index (χ1n) is 8.76. The Morgan fingerprint density at radius 3 is 2.50 bits per heavy atom. The van der Waals surface area contributed by atoms with Gasteiger partial charge in [-0.1, -0.05) is 5.16 Å². The summed E-state index contributed by atoms with van der Waals surface area (Å²) in [5.74, 6) is 1.14. The summed E-state index contributed by atoms with van der Waals surface area (Å²) in [6.07, 6.45) is 2.15. The Kier molecular flexibility index (Phi) is 5.46. The molecule has 1 aliphatic rings. The van der Waals surface area contributed by atoms with Crippen LogP contribution in [0.25, 0.3) is 11.3 Å². The molecule has 26 heavy (non-hydrogen) atoms. The fraction of sp³-hybridized carbons (Fsp3) is 0.474. The zero-order chi connectivity index (χ0) is 18.7. The molecule has 0 saturated carbocycles. The summed E-state index contributed by atoms with van der Waals surface area (Å²) in [5, 5.41) is 14.1. The number of ether oxygens (including phenoxy) is 2. The lowest BCUT2D eigenvalue weighted by Crippen LogP contribution is -2.36. The molecule has 1 aliphatic heterocycles. The third-order valence-electron chi connectivity index (χ3n) is 4.61. The van der Waals surface area contributed by atoms with Gasteiger partial charge in [0.15, 0.2) is 17.3 Å². The maximum Gasteiger partial charge on any atom is 0.259 e. The summed E-state index contributed by atoms with van der Waals surface area (Å²) < 4.78 is 15.9. The van der Waals surface area contributed by atoms with E-state index in [2.05, 4.69) is 5.16 Å². The van der Waals surface area contributed by atoms with Crippen molar-refractivity contribution in [1.29, 1.82) is 0 Å². The highest BCUT2D eigenvalue weighted by molar-refractivity contribution is 6.01. The van der Waals surface area contributed by atoms with Gasteiger partial charge in [0.2, 0.25) is 0 Å². The number of carbonyl (C=O) groups is 1. The van der Waals surface area contributed by atoms with Gasteiger partial charge in [0.25, 0.3) is 5.91 Å². The number of carbonyl (C=O) groups excluding carboxylic acids is 1. The summed E-state index contributed by atoms with van der Waals surface area (Å²) in [6, 6.07) is 5.29. The van der Waals surface area contributed by atoms with E-state index in [9.17, 15) is 9.90 Å². The van der Waals surface area contributed by atoms with Crippen LogP contribution in [-0.2, 0) is 0 Å². The van der Waals surface area contributed by atoms with Crippen molar-refractivity contribution >= 4 is 5.91 Å². The Morgan fingerprint density at radius 2 is 1.88 bits per heavy atom. The van der Waals surface area contributed by atoms with Crippen molar-refractivity contribution in [1.82, 2.24) is 10.1 Å². The van der Waals surface area contributed by atoms with Gasteiger partial charge in [-0.25, -0.2) is 0 Å². The highest BCUT2D eigenvalue weighted by Gasteiger charge is 2.30. The van der Waals surface area contributed by atoms with Crippen LogP contribution in [0.5, 0.6) is 11.5 Å². The monoisotopic (exact) mass is 360 g/mol. The van der Waals surface area contributed by atoms with Gasteiger partial charge in [-0.15, -0.1) is 0 Å². The molecule has 1 fully saturated rings. The molecule has 0 radical (unpaired) electrons. The van der Waals surface area contributed by atoms with Crippen molar-refractivity contribution in [2.24, 2.45) is 0 Å². The van der Waals surface area contributed by atoms with E-state index in [0.29, 0.717) is 41.4 Å². The first-order valence-corrected chi connectivity index (χ1v) is 8.76. The lowest BCUT2D eigenvalue weighted by Gasteiger charge is -2.27. The smallest absolute Gasteiger partial charge is 0.259 e. The van der Waals surface area contributed by atoms with E-state index in [1.54, 1.807) is 44.2 Å². The van der Waals surface area contributed by atoms with Gasteiger partial charge in [-0.05, 0) is 44.4 Å². The molecule has 1 amide bonds. The molecule has 3 rings (SSSR count). The van der Waals surface area contributed by atoms with Crippen molar-refractivity contribution in [3.05, 3.63) is 29.5 Å². The number of likely N-dealkylation sites (tertiary alicyclic amines) is 1. The molecule has 0 unspecified atom stereocenters. The summed E-state index contributed by atoms with van der Waals surface area (Å²) in [5.41, 5.74) is 1.38. The average molecular weight is 360 g/mol. The minimum Gasteiger partial charge on any atom is -0.493 e. The van der Waals surface area contributed by atoms with E-state index < -0.39 is 6.10 Å². The minimum atomic E-state index is -0.930. The van der Waals surface area contributed by atoms with Gasteiger partial charge in [0.1, 0.15) is 17.4 Å². The second-order valence-electron chi connectivity index (χ2n) is 6.37. The molecule has 140 valence electrons. The average Bonchev–Trinajstić information content (AvgIpc) is 3.12. The van der Waals surface area contributed by atoms with E-state index >= 15 is 0 Å². The number of hydrogen-bond acceptors (Lipinski definition) is 6. The topological polar surface area (TPSA) is 85.0 Å². The normalized spacial score (nSPS) is 15.6. The van der Waals surface area contributed by atoms with Gasteiger partial charge in [0, 0.05) is 18.7 Å². The molecule has 0 spiro atoms. The van der Waals surface area contributed by atoms with Gasteiger partial charge in [-0.2, -0.15) is 0 Å². The summed E-state index contributed by atoms with van der Waals surface area (Å²) >= 11 is 0. The van der Waals surface area contributed by atoms with Crippen molar-refractivity contribution < 1.29 is 23.9 Å². The van der Waals surface area contributed by atoms with Crippen LogP contribution in [0.3, 0.4) is 0 Å². The van der Waals surface area contributed by atoms with Crippen molar-refractivity contribution in [2.45, 2.75) is 32.3 Å². The van der Waals surface area contributed by atoms with E-state index in [1.165, 1.54) is 0 Å². The Bertz CT molecular complexity index is 778. The first-order chi connectivity index (χ1) is 12.6. The Hall–Kier alpha value is -2.54. The number of rotatable bonds is 5. The van der Waals surface area contributed by atoms with Crippen LogP contribution in [0, 0.1) is 0 Å². The zero-order valence-corrected chi connectivity index (χ0v) is 15.3. The molecule has 0 bridgehead atoms. The number of aromatic nitrogens is 1. The maximum absolute atomic E-state index is 13.1. The molecule has 7 nitrogen and oxygen atoms in total. The van der Waals surface area contributed by atoms with Crippen molar-refractivity contribution in [2.75, 3.05) is 27.3 Å². The van der Waals surface area contributed by atoms with Crippen molar-refractivity contribution in [3.8, 4) is 22.8 Å². The fourth-order valence-electron chi connectivity index (χ4n) is 3.23. The van der Waals surface area contributed by atoms with Crippen LogP contribution in [0.15, 0.2) is 22.7 Å². The van der Waals surface area contributed by atoms with Crippen LogP contribution in [0.1, 0.15) is 48.4 Å². The van der Waals surface area contributed by atoms with Crippen LogP contribution >= 0.6 is 0 Å². The van der Waals surface area contributed by atoms with Crippen LogP contribution < -0.4 is 9.47 Å². The number of aliphatic hydroxyl groups is 1. The van der Waals surface area contributed by atoms with E-state index in [0.717, 1.165) is 19.3 Å². The predicted octanol–water partition coefficient (Wildman–Crippen LogP) is 3.04. The molecule has 1 aromatic carbocycles. The number of methoxy groups -OCH3 is 2. The van der Waals surface area contributed by atoms with E-state index in [1.807, 2.05) is 0 Å². The van der Waals surface area contributed by atoms with Gasteiger partial charge in [0.05, 0.1) is 14.2 Å². The van der Waals surface area contributed by atoms with Crippen molar-refractivity contribution in [3.63, 3.8) is 0 Å². The molecular formula is C19H24N2O5. The molecule has 1 atom stereocenters. The lowest BCUT2D eigenvalue weighted by molar-refractivity contribution is 0.0713. The Labute approximate surface area is 152 Å². The molecule has 2 heterocycles. The van der Waals surface area contributed by atoms with Crippen LogP contribution in [0.2, 0.25) is 0 Å². The fourth-order valence-corrected chi connectivity index (χ4v) is 3.23. The van der Waals surface area contributed by atoms with Crippen LogP contribution in [-0.4, -0.2) is 48.4 Å². The first kappa shape index (κ1) is 18.3. The number of nitrogens with zero attached hydrogens (tertiary/aromatic N) is 2. The molecule has 1 N–H and O–H groups in total. The van der Waals surface area contributed by atoms with Gasteiger partial charge in [-0.3, -0.25) is 4.79 Å². The Morgan fingerprint density at radius 1 is 1.19 bits per heavy atom. The molecule has 2 aromatic rings. The second-order valence-corrected chi connectivity index (χ2v) is 6.37. The minimum absolute atomic E-state index is 0.161. The van der Waals surface area contributed by atoms with Crippen LogP contribution in [0.4, 0.5) is 0 Å². The number of amides is 1.